The van der Waals surface area contributed by atoms with Crippen LogP contribution in [0.15, 0.2) is 24.3 Å². The van der Waals surface area contributed by atoms with Gasteiger partial charge < -0.3 is 10.6 Å². The molecule has 0 atom stereocenters. The number of amides is 1. The van der Waals surface area contributed by atoms with Gasteiger partial charge in [-0.05, 0) is 63.3 Å². The number of nitrogens with two attached hydrogens (primary N) is 1. The van der Waals surface area contributed by atoms with Gasteiger partial charge >= 0.3 is 0 Å². The molecule has 19 heavy (non-hydrogen) atoms. The van der Waals surface area contributed by atoms with Crippen molar-refractivity contribution in [3.8, 4) is 0 Å². The molecular formula is C16H24N2O. The van der Waals surface area contributed by atoms with Crippen LogP contribution in [-0.2, 0) is 6.42 Å². The number of rotatable bonds is 6. The van der Waals surface area contributed by atoms with Crippen LogP contribution in [0.4, 0.5) is 0 Å². The summed E-state index contributed by atoms with van der Waals surface area (Å²) in [5.74, 6) is 0.879. The predicted octanol–water partition coefficient (Wildman–Crippen LogP) is 2.45. The van der Waals surface area contributed by atoms with E-state index in [2.05, 4.69) is 13.8 Å². The van der Waals surface area contributed by atoms with Gasteiger partial charge in [0, 0.05) is 18.2 Å². The topological polar surface area (TPSA) is 46.3 Å². The zero-order valence-corrected chi connectivity index (χ0v) is 11.9. The first-order valence-corrected chi connectivity index (χ1v) is 7.21. The molecule has 1 aromatic carbocycles. The van der Waals surface area contributed by atoms with Gasteiger partial charge in [-0.15, -0.1) is 0 Å². The van der Waals surface area contributed by atoms with Gasteiger partial charge in [0.05, 0.1) is 0 Å². The highest BCUT2D eigenvalue weighted by molar-refractivity contribution is 5.94. The van der Waals surface area contributed by atoms with Crippen LogP contribution < -0.4 is 5.73 Å². The number of nitrogens with zero attached hydrogens (tertiary/aromatic N) is 1. The minimum atomic E-state index is 0.154. The normalized spacial score (nSPS) is 14.7. The Hall–Kier alpha value is -1.35. The highest BCUT2D eigenvalue weighted by atomic mass is 16.2. The monoisotopic (exact) mass is 260 g/mol. The summed E-state index contributed by atoms with van der Waals surface area (Å²) in [5.41, 5.74) is 7.51. The van der Waals surface area contributed by atoms with E-state index in [1.165, 1.54) is 18.4 Å². The summed E-state index contributed by atoms with van der Waals surface area (Å²) in [5, 5.41) is 0. The summed E-state index contributed by atoms with van der Waals surface area (Å²) in [6, 6.07) is 8.13. The molecule has 0 unspecified atom stereocenters. The Balaban J connectivity index is 2.06. The van der Waals surface area contributed by atoms with Gasteiger partial charge in [-0.25, -0.2) is 0 Å². The molecule has 0 saturated heterocycles. The van der Waals surface area contributed by atoms with E-state index in [1.807, 2.05) is 29.2 Å². The Morgan fingerprint density at radius 1 is 1.32 bits per heavy atom. The van der Waals surface area contributed by atoms with Crippen molar-refractivity contribution in [2.24, 2.45) is 11.7 Å². The first-order chi connectivity index (χ1) is 9.11. The molecule has 0 aromatic heterocycles. The lowest BCUT2D eigenvalue weighted by atomic mass is 10.1. The molecule has 104 valence electrons. The van der Waals surface area contributed by atoms with Gasteiger partial charge in [-0.2, -0.15) is 0 Å². The molecule has 1 aromatic rings. The van der Waals surface area contributed by atoms with Crippen LogP contribution in [-0.4, -0.2) is 29.9 Å². The smallest absolute Gasteiger partial charge is 0.254 e. The van der Waals surface area contributed by atoms with Crippen LogP contribution in [0.2, 0.25) is 0 Å². The van der Waals surface area contributed by atoms with Crippen molar-refractivity contribution in [1.82, 2.24) is 4.90 Å². The molecule has 2 rings (SSSR count). The Kier molecular flexibility index (Phi) is 4.59. The Bertz CT molecular complexity index is 421. The van der Waals surface area contributed by atoms with Crippen molar-refractivity contribution in [3.05, 3.63) is 35.4 Å². The minimum absolute atomic E-state index is 0.154. The predicted molar refractivity (Wildman–Crippen MR) is 78.1 cm³/mol. The average Bonchev–Trinajstić information content (AvgIpc) is 3.20. The number of carbonyl (C=O) groups excluding carboxylic acids is 1. The lowest BCUT2D eigenvalue weighted by Crippen LogP contribution is -2.38. The lowest BCUT2D eigenvalue weighted by Gasteiger charge is -2.27. The van der Waals surface area contributed by atoms with Crippen molar-refractivity contribution in [2.45, 2.75) is 39.2 Å². The Labute approximate surface area is 115 Å². The summed E-state index contributed by atoms with van der Waals surface area (Å²) in [4.78, 5) is 14.5. The molecule has 1 saturated carbocycles. The van der Waals surface area contributed by atoms with Gasteiger partial charge in [0.2, 0.25) is 0 Å². The Morgan fingerprint density at radius 3 is 2.42 bits per heavy atom. The zero-order valence-electron chi connectivity index (χ0n) is 11.9. The molecule has 0 spiro atoms. The minimum Gasteiger partial charge on any atom is -0.336 e. The molecule has 0 heterocycles. The van der Waals surface area contributed by atoms with Crippen molar-refractivity contribution in [2.75, 3.05) is 13.1 Å². The van der Waals surface area contributed by atoms with Crippen molar-refractivity contribution in [3.63, 3.8) is 0 Å². The highest BCUT2D eigenvalue weighted by Gasteiger charge is 2.28. The number of hydrogen-bond donors (Lipinski definition) is 1. The van der Waals surface area contributed by atoms with E-state index in [4.69, 9.17) is 5.73 Å². The van der Waals surface area contributed by atoms with Crippen molar-refractivity contribution < 1.29 is 4.79 Å². The Morgan fingerprint density at radius 2 is 1.95 bits per heavy atom. The number of hydrogen-bond acceptors (Lipinski definition) is 2. The SMILES string of the molecule is CC(C)N(CC1CC1)C(=O)c1ccc(CCN)cc1. The third kappa shape index (κ3) is 3.80. The van der Waals surface area contributed by atoms with Gasteiger partial charge in [0.15, 0.2) is 0 Å². The summed E-state index contributed by atoms with van der Waals surface area (Å²) in [6.07, 6.45) is 3.41. The van der Waals surface area contributed by atoms with Crippen molar-refractivity contribution >= 4 is 5.91 Å². The highest BCUT2D eigenvalue weighted by Crippen LogP contribution is 2.30. The number of benzene rings is 1. The van der Waals surface area contributed by atoms with Crippen LogP contribution in [0.25, 0.3) is 0 Å². The van der Waals surface area contributed by atoms with Crippen molar-refractivity contribution in [1.29, 1.82) is 0 Å². The van der Waals surface area contributed by atoms with Gasteiger partial charge in [-0.3, -0.25) is 4.79 Å². The molecule has 3 nitrogen and oxygen atoms in total. The summed E-state index contributed by atoms with van der Waals surface area (Å²) in [7, 11) is 0. The molecule has 1 aliphatic carbocycles. The van der Waals surface area contributed by atoms with E-state index < -0.39 is 0 Å². The molecule has 0 bridgehead atoms. The van der Waals surface area contributed by atoms with E-state index in [9.17, 15) is 4.79 Å². The third-order valence-electron chi connectivity index (χ3n) is 3.67. The molecule has 1 fully saturated rings. The van der Waals surface area contributed by atoms with Gasteiger partial charge in [0.25, 0.3) is 5.91 Å². The van der Waals surface area contributed by atoms with E-state index in [0.717, 1.165) is 24.4 Å². The summed E-state index contributed by atoms with van der Waals surface area (Å²) >= 11 is 0. The average molecular weight is 260 g/mol. The van der Waals surface area contributed by atoms with Crippen LogP contribution in [0.3, 0.4) is 0 Å². The fraction of sp³-hybridized carbons (Fsp3) is 0.562. The molecule has 1 amide bonds. The van der Waals surface area contributed by atoms with E-state index >= 15 is 0 Å². The molecule has 0 aliphatic heterocycles. The fourth-order valence-electron chi connectivity index (χ4n) is 2.25. The standard InChI is InChI=1S/C16H24N2O/c1-12(2)18(11-14-3-4-14)16(19)15-7-5-13(6-8-15)9-10-17/h5-8,12,14H,3-4,9-11,17H2,1-2H3. The number of carbonyl (C=O) groups is 1. The second-order valence-electron chi connectivity index (χ2n) is 5.73. The first-order valence-electron chi connectivity index (χ1n) is 7.21. The molecule has 2 N–H and O–H groups in total. The van der Waals surface area contributed by atoms with Gasteiger partial charge in [-0.1, -0.05) is 12.1 Å². The maximum Gasteiger partial charge on any atom is 0.254 e. The summed E-state index contributed by atoms with van der Waals surface area (Å²) < 4.78 is 0. The molecule has 3 heteroatoms. The van der Waals surface area contributed by atoms with E-state index in [0.29, 0.717) is 6.54 Å². The zero-order chi connectivity index (χ0) is 13.8. The molecule has 0 radical (unpaired) electrons. The lowest BCUT2D eigenvalue weighted by molar-refractivity contribution is 0.0696. The molecular weight excluding hydrogens is 236 g/mol. The second kappa shape index (κ2) is 6.20. The largest absolute Gasteiger partial charge is 0.336 e. The fourth-order valence-corrected chi connectivity index (χ4v) is 2.25. The maximum absolute atomic E-state index is 12.5. The van der Waals surface area contributed by atoms with Gasteiger partial charge in [0.1, 0.15) is 0 Å². The quantitative estimate of drug-likeness (QED) is 0.854. The molecule has 1 aliphatic rings. The van der Waals surface area contributed by atoms with Crippen LogP contribution in [0.5, 0.6) is 0 Å². The van der Waals surface area contributed by atoms with E-state index in [1.54, 1.807) is 0 Å². The van der Waals surface area contributed by atoms with E-state index in [-0.39, 0.29) is 11.9 Å². The van der Waals surface area contributed by atoms with Crippen LogP contribution >= 0.6 is 0 Å². The van der Waals surface area contributed by atoms with Crippen LogP contribution in [0.1, 0.15) is 42.6 Å². The first kappa shape index (κ1) is 14.1. The summed E-state index contributed by atoms with van der Waals surface area (Å²) in [6.45, 7) is 5.72. The maximum atomic E-state index is 12.5. The second-order valence-corrected chi connectivity index (χ2v) is 5.73. The third-order valence-corrected chi connectivity index (χ3v) is 3.67. The van der Waals surface area contributed by atoms with Crippen LogP contribution in [0, 0.1) is 5.92 Å².